The highest BCUT2D eigenvalue weighted by Gasteiger charge is 2.26. The Labute approximate surface area is 253 Å². The fourth-order valence-electron chi connectivity index (χ4n) is 4.97. The van der Waals surface area contributed by atoms with Crippen LogP contribution in [0, 0.1) is 11.7 Å². The maximum absolute atomic E-state index is 15.3. The second-order valence-electron chi connectivity index (χ2n) is 10.0. The van der Waals surface area contributed by atoms with Crippen molar-refractivity contribution in [2.24, 2.45) is 13.0 Å². The average Bonchev–Trinajstić information content (AvgIpc) is 3.57. The minimum absolute atomic E-state index is 0.171. The van der Waals surface area contributed by atoms with Crippen molar-refractivity contribution in [2.45, 2.75) is 19.1 Å². The largest absolute Gasteiger partial charge is 0.323 e. The molecule has 43 heavy (non-hydrogen) atoms. The van der Waals surface area contributed by atoms with E-state index in [1.54, 1.807) is 31.3 Å². The molecule has 0 saturated heterocycles. The summed E-state index contributed by atoms with van der Waals surface area (Å²) in [6.45, 7) is 1.45. The number of amides is 1. The van der Waals surface area contributed by atoms with E-state index in [4.69, 9.17) is 23.2 Å². The highest BCUT2D eigenvalue weighted by Crippen LogP contribution is 2.33. The van der Waals surface area contributed by atoms with Gasteiger partial charge in [-0.15, -0.1) is 5.10 Å². The highest BCUT2D eigenvalue weighted by molar-refractivity contribution is 6.31. The van der Waals surface area contributed by atoms with E-state index in [1.165, 1.54) is 69.9 Å². The van der Waals surface area contributed by atoms with E-state index in [0.717, 1.165) is 0 Å². The molecule has 1 unspecified atom stereocenters. The number of nitrogens with one attached hydrogen (secondary N) is 1. The van der Waals surface area contributed by atoms with Crippen LogP contribution in [0.3, 0.4) is 0 Å². The van der Waals surface area contributed by atoms with Gasteiger partial charge in [-0.25, -0.2) is 18.4 Å². The number of anilines is 1. The van der Waals surface area contributed by atoms with Crippen LogP contribution in [-0.2, 0) is 11.8 Å². The summed E-state index contributed by atoms with van der Waals surface area (Å²) < 4.78 is 34.5. The van der Waals surface area contributed by atoms with Crippen molar-refractivity contribution in [1.82, 2.24) is 34.3 Å². The molecule has 0 saturated carbocycles. The number of nitrogens with zero attached hydrogens (tertiary/aromatic N) is 7. The molecule has 0 aliphatic carbocycles. The highest BCUT2D eigenvalue weighted by atomic mass is 35.5. The van der Waals surface area contributed by atoms with Crippen LogP contribution in [0.25, 0.3) is 28.2 Å². The normalized spacial score (nSPS) is 19.2. The molecule has 10 nitrogen and oxygen atoms in total. The molecule has 3 aromatic heterocycles. The number of rotatable bonds is 3. The number of aryl methyl sites for hydroxylation is 1. The molecule has 2 bridgehead atoms. The zero-order valence-electron chi connectivity index (χ0n) is 22.6. The molecule has 3 atom stereocenters. The molecule has 1 aliphatic rings. The number of hydrogen-bond acceptors (Lipinski definition) is 6. The van der Waals surface area contributed by atoms with Crippen molar-refractivity contribution >= 4 is 34.8 Å². The van der Waals surface area contributed by atoms with Crippen molar-refractivity contribution in [1.29, 1.82) is 0 Å². The van der Waals surface area contributed by atoms with Gasteiger partial charge in [0.2, 0.25) is 5.91 Å². The first-order valence-electron chi connectivity index (χ1n) is 13.0. The van der Waals surface area contributed by atoms with Gasteiger partial charge in [0, 0.05) is 29.3 Å². The minimum atomic E-state index is -1.71. The standard InChI is InChI=1S/C29H22Cl2F2N8O2/c1-15-21(33)4-6-24(16-7-17(9-19(32)8-16)28-23(36-29(15)43)12-35-39(28)2)40-14-34-22(11-27(40)42)20-10-18(30)3-5-25(20)41-13-26(31)37-38-41/h3-15,21,24H,1-2H3,(H,36,43)/b6-4+/t15-,21?,24+/m1/s1. The van der Waals surface area contributed by atoms with Crippen LogP contribution in [-0.4, -0.2) is 46.4 Å². The first-order valence-corrected chi connectivity index (χ1v) is 13.8. The quantitative estimate of drug-likeness (QED) is 0.269. The van der Waals surface area contributed by atoms with Crippen LogP contribution in [0.2, 0.25) is 10.2 Å². The van der Waals surface area contributed by atoms with Crippen molar-refractivity contribution < 1.29 is 13.6 Å². The van der Waals surface area contributed by atoms with Gasteiger partial charge in [0.15, 0.2) is 5.15 Å². The molecule has 0 spiro atoms. The van der Waals surface area contributed by atoms with Gasteiger partial charge < -0.3 is 5.32 Å². The van der Waals surface area contributed by atoms with E-state index < -0.39 is 35.4 Å². The summed E-state index contributed by atoms with van der Waals surface area (Å²) in [5.41, 5.74) is 2.24. The number of alkyl halides is 1. The minimum Gasteiger partial charge on any atom is -0.323 e. The van der Waals surface area contributed by atoms with Gasteiger partial charge in [-0.1, -0.05) is 47.5 Å². The molecule has 6 rings (SSSR count). The lowest BCUT2D eigenvalue weighted by molar-refractivity contribution is -0.120. The van der Waals surface area contributed by atoms with E-state index in [2.05, 4.69) is 25.7 Å². The lowest BCUT2D eigenvalue weighted by Gasteiger charge is -2.21. The summed E-state index contributed by atoms with van der Waals surface area (Å²) in [6, 6.07) is 9.50. The summed E-state index contributed by atoms with van der Waals surface area (Å²) >= 11 is 12.2. The number of hydrogen-bond donors (Lipinski definition) is 1. The van der Waals surface area contributed by atoms with E-state index in [1.807, 2.05) is 0 Å². The van der Waals surface area contributed by atoms with Crippen molar-refractivity contribution in [2.75, 3.05) is 5.32 Å². The first kappa shape index (κ1) is 28.4. The van der Waals surface area contributed by atoms with Crippen LogP contribution in [0.15, 0.2) is 78.1 Å². The molecular weight excluding hydrogens is 601 g/mol. The van der Waals surface area contributed by atoms with Crippen LogP contribution in [0.1, 0.15) is 18.5 Å². The van der Waals surface area contributed by atoms with E-state index in [9.17, 15) is 9.59 Å². The predicted octanol–water partition coefficient (Wildman–Crippen LogP) is 5.41. The third kappa shape index (κ3) is 5.46. The summed E-state index contributed by atoms with van der Waals surface area (Å²) in [4.78, 5) is 31.0. The maximum atomic E-state index is 15.3. The second-order valence-corrected chi connectivity index (χ2v) is 10.8. The smallest absolute Gasteiger partial charge is 0.254 e. The van der Waals surface area contributed by atoms with Gasteiger partial charge in [0.25, 0.3) is 5.56 Å². The van der Waals surface area contributed by atoms with E-state index >= 15 is 8.78 Å². The van der Waals surface area contributed by atoms with Gasteiger partial charge in [0.05, 0.1) is 53.4 Å². The Balaban J connectivity index is 1.50. The number of carbonyl (C=O) groups excluding carboxylic acids is 1. The molecule has 1 amide bonds. The zero-order chi connectivity index (χ0) is 30.4. The Morgan fingerprint density at radius 1 is 1.05 bits per heavy atom. The SMILES string of the molecule is C[C@H]1C(=O)Nc2cnn(C)c2-c2cc(F)cc(c2)[C@@H](n2cnc(-c3cc(Cl)ccc3-n3cc(Cl)nn3)cc2=O)/C=C/C1F. The second kappa shape index (κ2) is 11.2. The molecule has 0 radical (unpaired) electrons. The summed E-state index contributed by atoms with van der Waals surface area (Å²) in [5, 5.41) is 15.2. The number of allylic oxidation sites excluding steroid dienone is 2. The number of benzene rings is 2. The monoisotopic (exact) mass is 622 g/mol. The van der Waals surface area contributed by atoms with Gasteiger partial charge >= 0.3 is 0 Å². The van der Waals surface area contributed by atoms with Gasteiger partial charge in [-0.05, 0) is 42.0 Å². The average molecular weight is 623 g/mol. The van der Waals surface area contributed by atoms with Gasteiger partial charge in [-0.2, -0.15) is 5.10 Å². The topological polar surface area (TPSA) is 113 Å². The number of aromatic nitrogens is 7. The third-order valence-electron chi connectivity index (χ3n) is 7.18. The zero-order valence-corrected chi connectivity index (χ0v) is 24.1. The molecule has 4 heterocycles. The molecule has 5 aromatic rings. The molecule has 1 N–H and O–H groups in total. The molecular formula is C29H22Cl2F2N8O2. The van der Waals surface area contributed by atoms with Crippen molar-refractivity contribution in [3.8, 4) is 28.2 Å². The third-order valence-corrected chi connectivity index (χ3v) is 7.59. The number of halogens is 4. The molecule has 218 valence electrons. The van der Waals surface area contributed by atoms with Gasteiger partial charge in [0.1, 0.15) is 12.0 Å². The Kier molecular flexibility index (Phi) is 7.40. The van der Waals surface area contributed by atoms with Crippen LogP contribution < -0.4 is 10.9 Å². The molecule has 2 aromatic carbocycles. The maximum Gasteiger partial charge on any atom is 0.254 e. The molecule has 14 heteroatoms. The van der Waals surface area contributed by atoms with Crippen molar-refractivity contribution in [3.63, 3.8) is 0 Å². The van der Waals surface area contributed by atoms with E-state index in [0.29, 0.717) is 38.8 Å². The first-order chi connectivity index (χ1) is 20.6. The Bertz CT molecular complexity index is 1970. The lowest BCUT2D eigenvalue weighted by Crippen LogP contribution is -2.28. The summed E-state index contributed by atoms with van der Waals surface area (Å²) in [5.74, 6) is -2.24. The summed E-state index contributed by atoms with van der Waals surface area (Å²) in [6.07, 6.45) is 5.11. The fourth-order valence-corrected chi connectivity index (χ4v) is 5.26. The van der Waals surface area contributed by atoms with E-state index in [-0.39, 0.29) is 10.8 Å². The lowest BCUT2D eigenvalue weighted by atomic mass is 9.97. The Morgan fingerprint density at radius 3 is 2.60 bits per heavy atom. The van der Waals surface area contributed by atoms with Gasteiger partial charge in [-0.3, -0.25) is 18.8 Å². The predicted molar refractivity (Wildman–Crippen MR) is 157 cm³/mol. The fraction of sp³-hybridized carbons (Fsp3) is 0.172. The van der Waals surface area contributed by atoms with Crippen LogP contribution in [0.4, 0.5) is 14.5 Å². The Hall–Kier alpha value is -4.68. The Morgan fingerprint density at radius 2 is 1.86 bits per heavy atom. The summed E-state index contributed by atoms with van der Waals surface area (Å²) in [7, 11) is 1.64. The number of carbonyl (C=O) groups is 1. The molecule has 1 aliphatic heterocycles. The van der Waals surface area contributed by atoms with Crippen molar-refractivity contribution in [3.05, 3.63) is 105 Å². The van der Waals surface area contributed by atoms with Crippen LogP contribution in [0.5, 0.6) is 0 Å². The molecule has 0 fully saturated rings. The number of fused-ring (bicyclic) bond motifs is 4. The van der Waals surface area contributed by atoms with Crippen LogP contribution >= 0.6 is 23.2 Å².